The van der Waals surface area contributed by atoms with E-state index in [2.05, 4.69) is 6.92 Å². The van der Waals surface area contributed by atoms with Gasteiger partial charge in [0.15, 0.2) is 0 Å². The molecule has 1 atom stereocenters. The van der Waals surface area contributed by atoms with Gasteiger partial charge in [-0.05, 0) is 6.92 Å². The normalized spacial score (nSPS) is 13.3. The quantitative estimate of drug-likeness (QED) is 0.348. The van der Waals surface area contributed by atoms with Crippen LogP contribution in [-0.2, 0) is 9.20 Å². The Bertz CT molecular complexity index is 111. The van der Waals surface area contributed by atoms with E-state index in [0.29, 0.717) is 6.10 Å². The molecule has 11 heteroatoms. The van der Waals surface area contributed by atoms with Gasteiger partial charge >= 0.3 is 118 Å². The van der Waals surface area contributed by atoms with Crippen LogP contribution in [0.1, 0.15) is 6.92 Å². The van der Waals surface area contributed by atoms with Gasteiger partial charge in [-0.15, -0.1) is 0 Å². The van der Waals surface area contributed by atoms with Crippen molar-refractivity contribution < 1.29 is 147 Å². The average Bonchev–Trinajstić information content (AvgIpc) is 2.71. The van der Waals surface area contributed by atoms with Gasteiger partial charge in [-0.25, -0.2) is 0 Å². The summed E-state index contributed by atoms with van der Waals surface area (Å²) in [5.41, 5.74) is 0. The molecular formula is C5H10Na4O6Si. The minimum absolute atomic E-state index is 0. The van der Waals surface area contributed by atoms with Gasteiger partial charge in [0.1, 0.15) is 0 Å². The van der Waals surface area contributed by atoms with E-state index >= 15 is 0 Å². The van der Waals surface area contributed by atoms with Gasteiger partial charge in [0, 0.05) is 9.17 Å². The van der Waals surface area contributed by atoms with Gasteiger partial charge in [-0.3, -0.25) is 0 Å². The summed E-state index contributed by atoms with van der Waals surface area (Å²) < 4.78 is 13.2. The molecule has 1 heterocycles. The summed E-state index contributed by atoms with van der Waals surface area (Å²) in [4.78, 5) is 17.0. The van der Waals surface area contributed by atoms with Gasteiger partial charge in [-0.2, -0.15) is 13.2 Å². The molecule has 1 aliphatic heterocycles. The van der Waals surface area contributed by atoms with E-state index in [4.69, 9.17) is 29.0 Å². The molecule has 0 bridgehead atoms. The van der Waals surface area contributed by atoms with Crippen molar-refractivity contribution in [1.29, 1.82) is 0 Å². The van der Waals surface area contributed by atoms with Crippen molar-refractivity contribution in [2.24, 2.45) is 0 Å². The van der Waals surface area contributed by atoms with Crippen LogP contribution in [0.15, 0.2) is 0 Å². The van der Waals surface area contributed by atoms with Gasteiger partial charge < -0.3 is 29.0 Å². The average molecular weight is 286 g/mol. The second-order valence-corrected chi connectivity index (χ2v) is 2.30. The Morgan fingerprint density at radius 1 is 1.12 bits per heavy atom. The zero-order chi connectivity index (χ0) is 9.98. The first-order chi connectivity index (χ1) is 5.54. The summed E-state index contributed by atoms with van der Waals surface area (Å²) in [5.74, 6) is 0. The Kier molecular flexibility index (Phi) is 71.1. The zero-order valence-electron chi connectivity index (χ0n) is 10.6. The van der Waals surface area contributed by atoms with Crippen molar-refractivity contribution in [1.82, 2.24) is 0 Å². The van der Waals surface area contributed by atoms with Crippen LogP contribution >= 0.6 is 0 Å². The minimum atomic E-state index is -3.63. The molecule has 0 radical (unpaired) electrons. The van der Waals surface area contributed by atoms with Crippen LogP contribution in [0.4, 0.5) is 0 Å². The topological polar surface area (TPSA) is 122 Å². The molecule has 1 aliphatic rings. The molecular weight excluding hydrogens is 276 g/mol. The largest absolute Gasteiger partial charge is 1.00 e. The van der Waals surface area contributed by atoms with Crippen molar-refractivity contribution in [2.45, 2.75) is 13.0 Å². The van der Waals surface area contributed by atoms with E-state index in [1.165, 1.54) is 0 Å². The monoisotopic (exact) mass is 286 g/mol. The van der Waals surface area contributed by atoms with Crippen molar-refractivity contribution in [2.75, 3.05) is 19.8 Å². The fraction of sp³-hybridized carbons (Fsp3) is 1.00. The predicted molar refractivity (Wildman–Crippen MR) is 31.6 cm³/mol. The van der Waals surface area contributed by atoms with Crippen molar-refractivity contribution in [3.05, 3.63) is 0 Å². The summed E-state index contributed by atoms with van der Waals surface area (Å²) in [7, 11) is -3.63. The van der Waals surface area contributed by atoms with Crippen molar-refractivity contribution in [3.8, 4) is 0 Å². The molecule has 1 rings (SSSR count). The van der Waals surface area contributed by atoms with Gasteiger partial charge in [-0.1, -0.05) is 0 Å². The molecule has 0 aromatic heterocycles. The van der Waals surface area contributed by atoms with Crippen LogP contribution < -0.4 is 138 Å². The van der Waals surface area contributed by atoms with E-state index in [1.807, 2.05) is 0 Å². The SMILES string of the molecule is CC1CO1.O=[Si]([O-])[O-].[Na+].[Na+].[Na+].[Na+].[O-]CC[O-]. The molecule has 0 amide bonds. The standard InChI is InChI=1S/C3H6O.C2H4O2.4Na.O3Si/c1-3-2-4-3;3-1-2-4;;;;;1-4(2)3/h3H,2H2,1H3;1-2H2;;;;;/q;-2;4*+1;-2. The van der Waals surface area contributed by atoms with Crippen LogP contribution in [0.2, 0.25) is 0 Å². The molecule has 0 aliphatic carbocycles. The molecule has 1 fully saturated rings. The molecule has 16 heavy (non-hydrogen) atoms. The Morgan fingerprint density at radius 2 is 1.25 bits per heavy atom. The Morgan fingerprint density at radius 3 is 1.25 bits per heavy atom. The molecule has 6 nitrogen and oxygen atoms in total. The van der Waals surface area contributed by atoms with Crippen LogP contribution in [0.3, 0.4) is 0 Å². The Labute approximate surface area is 186 Å². The summed E-state index contributed by atoms with van der Waals surface area (Å²) in [6.45, 7) is 2.07. The van der Waals surface area contributed by atoms with E-state index in [1.54, 1.807) is 0 Å². The van der Waals surface area contributed by atoms with Crippen LogP contribution in [0.25, 0.3) is 0 Å². The molecule has 0 saturated carbocycles. The zero-order valence-corrected chi connectivity index (χ0v) is 19.6. The predicted octanol–water partition coefficient (Wildman–Crippen LogP) is -16.7. The van der Waals surface area contributed by atoms with Gasteiger partial charge in [0.25, 0.3) is 0 Å². The number of rotatable bonds is 1. The van der Waals surface area contributed by atoms with Gasteiger partial charge in [0.05, 0.1) is 12.7 Å². The molecule has 1 saturated heterocycles. The third-order valence-corrected chi connectivity index (χ3v) is 0.583. The Balaban J connectivity index is -0.0000000208. The fourth-order valence-corrected chi connectivity index (χ4v) is 0.0962. The number of hydrogen-bond donors (Lipinski definition) is 0. The number of ether oxygens (including phenoxy) is 1. The molecule has 74 valence electrons. The summed E-state index contributed by atoms with van der Waals surface area (Å²) in [5, 5.41) is 18.0. The maximum atomic E-state index is 8.99. The van der Waals surface area contributed by atoms with Crippen LogP contribution in [0, 0.1) is 0 Å². The number of hydrogen-bond acceptors (Lipinski definition) is 6. The van der Waals surface area contributed by atoms with Crippen LogP contribution in [0.5, 0.6) is 0 Å². The molecule has 0 N–H and O–H groups in total. The van der Waals surface area contributed by atoms with E-state index in [9.17, 15) is 0 Å². The van der Waals surface area contributed by atoms with Crippen LogP contribution in [-0.4, -0.2) is 35.1 Å². The third kappa shape index (κ3) is 84.7. The second kappa shape index (κ2) is 31.1. The second-order valence-electron chi connectivity index (χ2n) is 1.80. The summed E-state index contributed by atoms with van der Waals surface area (Å²) >= 11 is 0. The van der Waals surface area contributed by atoms with E-state index < -0.39 is 22.4 Å². The maximum Gasteiger partial charge on any atom is 1.00 e. The van der Waals surface area contributed by atoms with Gasteiger partial charge in [0.2, 0.25) is 0 Å². The molecule has 1 unspecified atom stereocenters. The molecule has 0 aromatic carbocycles. The first kappa shape index (κ1) is 36.6. The van der Waals surface area contributed by atoms with E-state index in [-0.39, 0.29) is 118 Å². The Hall–Kier alpha value is 3.50. The maximum absolute atomic E-state index is 8.99. The van der Waals surface area contributed by atoms with Crippen molar-refractivity contribution >= 4 is 9.17 Å². The summed E-state index contributed by atoms with van der Waals surface area (Å²) in [6.07, 6.45) is 0.583. The first-order valence-electron chi connectivity index (χ1n) is 3.20. The summed E-state index contributed by atoms with van der Waals surface area (Å²) in [6, 6.07) is 0. The third-order valence-electron chi connectivity index (χ3n) is 0.583. The van der Waals surface area contributed by atoms with Crippen molar-refractivity contribution in [3.63, 3.8) is 0 Å². The minimum Gasteiger partial charge on any atom is -0.855 e. The fourth-order valence-electron chi connectivity index (χ4n) is 0.0962. The van der Waals surface area contributed by atoms with E-state index in [0.717, 1.165) is 6.61 Å². The first-order valence-corrected chi connectivity index (χ1v) is 4.42. The smallest absolute Gasteiger partial charge is 0.855 e. The number of epoxide rings is 1. The molecule has 0 aromatic rings. The molecule has 0 spiro atoms.